The molecule has 0 unspecified atom stereocenters. The second-order valence-electron chi connectivity index (χ2n) is 5.30. The van der Waals surface area contributed by atoms with Crippen molar-refractivity contribution in [2.24, 2.45) is 5.73 Å². The van der Waals surface area contributed by atoms with Crippen LogP contribution in [0.2, 0.25) is 0 Å². The van der Waals surface area contributed by atoms with Crippen LogP contribution in [0, 0.1) is 6.92 Å². The highest BCUT2D eigenvalue weighted by Crippen LogP contribution is 2.30. The number of aromatic nitrogens is 2. The Morgan fingerprint density at radius 3 is 2.82 bits per heavy atom. The fourth-order valence-corrected chi connectivity index (χ4v) is 2.99. The van der Waals surface area contributed by atoms with Gasteiger partial charge in [-0.15, -0.1) is 0 Å². The normalized spacial score (nSPS) is 11.2. The van der Waals surface area contributed by atoms with Gasteiger partial charge < -0.3 is 15.6 Å². The molecule has 0 radical (unpaired) electrons. The van der Waals surface area contributed by atoms with Crippen LogP contribution in [0.3, 0.4) is 0 Å². The molecular weight excluding hydrogens is 276 g/mol. The van der Waals surface area contributed by atoms with E-state index in [0.717, 1.165) is 28.5 Å². The number of benzene rings is 1. The number of amides is 1. The van der Waals surface area contributed by atoms with Gasteiger partial charge in [-0.25, -0.2) is 4.98 Å². The van der Waals surface area contributed by atoms with Crippen molar-refractivity contribution in [2.75, 3.05) is 13.1 Å². The van der Waals surface area contributed by atoms with E-state index in [9.17, 15) is 4.79 Å². The molecule has 2 aromatic heterocycles. The Bertz CT molecular complexity index is 851. The van der Waals surface area contributed by atoms with Gasteiger partial charge >= 0.3 is 0 Å². The maximum atomic E-state index is 12.2. The van der Waals surface area contributed by atoms with Crippen molar-refractivity contribution in [3.05, 3.63) is 41.7 Å². The fraction of sp³-hybridized carbons (Fsp3) is 0.294. The van der Waals surface area contributed by atoms with Crippen molar-refractivity contribution < 1.29 is 4.79 Å². The van der Waals surface area contributed by atoms with E-state index in [-0.39, 0.29) is 5.91 Å². The maximum Gasteiger partial charge on any atom is 0.269 e. The van der Waals surface area contributed by atoms with E-state index in [2.05, 4.69) is 33.9 Å². The van der Waals surface area contributed by atoms with Crippen LogP contribution in [-0.2, 0) is 6.54 Å². The first-order valence-electron chi connectivity index (χ1n) is 7.54. The molecule has 0 aliphatic rings. The van der Waals surface area contributed by atoms with E-state index in [4.69, 9.17) is 5.73 Å². The molecule has 3 aromatic rings. The molecule has 2 heterocycles. The minimum Gasteiger partial charge on any atom is -0.349 e. The molecule has 1 aromatic carbocycles. The third-order valence-corrected chi connectivity index (χ3v) is 3.90. The molecular formula is C17H20N4O. The molecule has 0 atom stereocenters. The van der Waals surface area contributed by atoms with Crippen molar-refractivity contribution in [3.8, 4) is 0 Å². The third-order valence-electron chi connectivity index (χ3n) is 3.90. The lowest BCUT2D eigenvalue weighted by atomic mass is 10.1. The molecule has 0 bridgehead atoms. The summed E-state index contributed by atoms with van der Waals surface area (Å²) in [5.74, 6) is -0.177. The molecule has 0 saturated carbocycles. The first-order chi connectivity index (χ1) is 10.7. The Labute approximate surface area is 129 Å². The predicted octanol–water partition coefficient (Wildman–Crippen LogP) is 2.21. The van der Waals surface area contributed by atoms with Crippen LogP contribution in [0.25, 0.3) is 21.8 Å². The number of nitrogens with zero attached hydrogens (tertiary/aromatic N) is 2. The highest BCUT2D eigenvalue weighted by Gasteiger charge is 2.16. The van der Waals surface area contributed by atoms with Crippen molar-refractivity contribution in [1.82, 2.24) is 14.9 Å². The molecule has 22 heavy (non-hydrogen) atoms. The summed E-state index contributed by atoms with van der Waals surface area (Å²) >= 11 is 0. The highest BCUT2D eigenvalue weighted by molar-refractivity contribution is 6.10. The summed E-state index contributed by atoms with van der Waals surface area (Å²) in [6, 6.07) is 10.1. The summed E-state index contributed by atoms with van der Waals surface area (Å²) in [5, 5.41) is 5.00. The van der Waals surface area contributed by atoms with Gasteiger partial charge in [0, 0.05) is 35.9 Å². The summed E-state index contributed by atoms with van der Waals surface area (Å²) in [4.78, 5) is 16.7. The molecule has 3 rings (SSSR count). The van der Waals surface area contributed by atoms with Gasteiger partial charge in [-0.2, -0.15) is 0 Å². The first kappa shape index (κ1) is 14.5. The Morgan fingerprint density at radius 1 is 1.32 bits per heavy atom. The minimum atomic E-state index is -0.177. The van der Waals surface area contributed by atoms with E-state index < -0.39 is 0 Å². The topological polar surface area (TPSA) is 72.9 Å². The number of pyridine rings is 1. The molecule has 1 amide bonds. The van der Waals surface area contributed by atoms with Crippen molar-refractivity contribution in [1.29, 1.82) is 0 Å². The average Bonchev–Trinajstić information content (AvgIpc) is 2.87. The van der Waals surface area contributed by atoms with Gasteiger partial charge in [-0.1, -0.05) is 18.2 Å². The zero-order chi connectivity index (χ0) is 15.7. The Balaban J connectivity index is 2.25. The van der Waals surface area contributed by atoms with E-state index >= 15 is 0 Å². The van der Waals surface area contributed by atoms with E-state index in [1.165, 1.54) is 5.52 Å². The molecule has 5 heteroatoms. The third kappa shape index (κ3) is 2.23. The van der Waals surface area contributed by atoms with Crippen molar-refractivity contribution >= 4 is 27.7 Å². The second kappa shape index (κ2) is 5.77. The highest BCUT2D eigenvalue weighted by atomic mass is 16.1. The zero-order valence-corrected chi connectivity index (χ0v) is 12.9. The number of aryl methyl sites for hydroxylation is 2. The van der Waals surface area contributed by atoms with Crippen LogP contribution in [0.4, 0.5) is 0 Å². The molecule has 0 fully saturated rings. The predicted molar refractivity (Wildman–Crippen MR) is 89.0 cm³/mol. The number of hydrogen-bond donors (Lipinski definition) is 2. The summed E-state index contributed by atoms with van der Waals surface area (Å²) in [5.41, 5.74) is 9.01. The lowest BCUT2D eigenvalue weighted by molar-refractivity contribution is 0.0950. The second-order valence-corrected chi connectivity index (χ2v) is 5.30. The van der Waals surface area contributed by atoms with Gasteiger partial charge in [-0.3, -0.25) is 4.79 Å². The van der Waals surface area contributed by atoms with Gasteiger partial charge in [-0.05, 0) is 26.0 Å². The number of carbonyl (C=O) groups excluding carboxylic acids is 1. The number of para-hydroxylation sites is 1. The van der Waals surface area contributed by atoms with E-state index in [0.29, 0.717) is 18.8 Å². The molecule has 114 valence electrons. The van der Waals surface area contributed by atoms with Crippen LogP contribution in [0.5, 0.6) is 0 Å². The number of nitrogens with one attached hydrogen (secondary N) is 1. The largest absolute Gasteiger partial charge is 0.349 e. The average molecular weight is 296 g/mol. The van der Waals surface area contributed by atoms with Crippen molar-refractivity contribution in [2.45, 2.75) is 20.4 Å². The SMILES string of the molecule is CCn1c2ccccc2c2cc(C(=O)NCCN)nc(C)c21. The van der Waals surface area contributed by atoms with Gasteiger partial charge in [0.1, 0.15) is 5.69 Å². The van der Waals surface area contributed by atoms with Gasteiger partial charge in [0.15, 0.2) is 0 Å². The monoisotopic (exact) mass is 296 g/mol. The Morgan fingerprint density at radius 2 is 2.09 bits per heavy atom. The quantitative estimate of drug-likeness (QED) is 0.775. The van der Waals surface area contributed by atoms with Crippen LogP contribution in [0.15, 0.2) is 30.3 Å². The number of hydrogen-bond acceptors (Lipinski definition) is 3. The van der Waals surface area contributed by atoms with Crippen LogP contribution in [-0.4, -0.2) is 28.5 Å². The van der Waals surface area contributed by atoms with Crippen LogP contribution in [0.1, 0.15) is 23.1 Å². The molecule has 3 N–H and O–H groups in total. The van der Waals surface area contributed by atoms with E-state index in [1.807, 2.05) is 25.1 Å². The number of fused-ring (bicyclic) bond motifs is 3. The molecule has 5 nitrogen and oxygen atoms in total. The first-order valence-corrected chi connectivity index (χ1v) is 7.54. The van der Waals surface area contributed by atoms with Crippen LogP contribution < -0.4 is 11.1 Å². The number of nitrogens with two attached hydrogens (primary N) is 1. The smallest absolute Gasteiger partial charge is 0.269 e. The minimum absolute atomic E-state index is 0.177. The molecule has 0 aliphatic carbocycles. The molecule has 0 saturated heterocycles. The molecule has 0 aliphatic heterocycles. The van der Waals surface area contributed by atoms with Crippen LogP contribution >= 0.6 is 0 Å². The lowest BCUT2D eigenvalue weighted by Crippen LogP contribution is -2.29. The zero-order valence-electron chi connectivity index (χ0n) is 12.9. The number of carbonyl (C=O) groups is 1. The summed E-state index contributed by atoms with van der Waals surface area (Å²) in [7, 11) is 0. The summed E-state index contributed by atoms with van der Waals surface area (Å²) in [6.07, 6.45) is 0. The van der Waals surface area contributed by atoms with Gasteiger partial charge in [0.05, 0.1) is 11.2 Å². The lowest BCUT2D eigenvalue weighted by Gasteiger charge is -2.07. The van der Waals surface area contributed by atoms with E-state index in [1.54, 1.807) is 0 Å². The fourth-order valence-electron chi connectivity index (χ4n) is 2.99. The maximum absolute atomic E-state index is 12.2. The van der Waals surface area contributed by atoms with Gasteiger partial charge in [0.25, 0.3) is 5.91 Å². The summed E-state index contributed by atoms with van der Waals surface area (Å²) in [6.45, 7) is 5.81. The van der Waals surface area contributed by atoms with Crippen molar-refractivity contribution in [3.63, 3.8) is 0 Å². The number of rotatable bonds is 4. The van der Waals surface area contributed by atoms with Gasteiger partial charge in [0.2, 0.25) is 0 Å². The summed E-state index contributed by atoms with van der Waals surface area (Å²) < 4.78 is 2.24. The standard InChI is InChI=1S/C17H20N4O/c1-3-21-15-7-5-4-6-12(15)13-10-14(17(22)19-9-8-18)20-11(2)16(13)21/h4-7,10H,3,8-9,18H2,1-2H3,(H,19,22). The Kier molecular flexibility index (Phi) is 3.81. The Hall–Kier alpha value is -2.40. The molecule has 0 spiro atoms.